The summed E-state index contributed by atoms with van der Waals surface area (Å²) >= 11 is 0. The summed E-state index contributed by atoms with van der Waals surface area (Å²) in [4.78, 5) is 0.762. The van der Waals surface area contributed by atoms with Gasteiger partial charge in [-0.2, -0.15) is 0 Å². The van der Waals surface area contributed by atoms with Crippen molar-refractivity contribution in [2.45, 2.75) is 69.4 Å². The van der Waals surface area contributed by atoms with Gasteiger partial charge >= 0.3 is 0 Å². The first kappa shape index (κ1) is 29.4. The molecule has 0 heterocycles. The molecular formula is C33H42N2O2SSi. The van der Waals surface area contributed by atoms with E-state index in [9.17, 15) is 4.21 Å². The van der Waals surface area contributed by atoms with Crippen molar-refractivity contribution in [3.05, 3.63) is 114 Å². The van der Waals surface area contributed by atoms with Crippen molar-refractivity contribution in [1.29, 1.82) is 0 Å². The summed E-state index contributed by atoms with van der Waals surface area (Å²) < 4.78 is 24.1. The molecular weight excluding hydrogens is 517 g/mol. The Balaban J connectivity index is 1.74. The summed E-state index contributed by atoms with van der Waals surface area (Å²) in [5.74, 6) is 0. The van der Waals surface area contributed by atoms with Crippen LogP contribution in [-0.4, -0.2) is 25.2 Å². The first-order chi connectivity index (χ1) is 18.5. The minimum absolute atomic E-state index is 0.0874. The van der Waals surface area contributed by atoms with Crippen LogP contribution in [0.2, 0.25) is 18.1 Å². The SMILES string of the molecule is Cc1ccc([S@](=O)N[C@H](c2cccc3ccccc23)[C@@H](CO[Si](C)(C)C(C)(C)C)NCc2ccccc2)cc1. The predicted octanol–water partition coefficient (Wildman–Crippen LogP) is 7.68. The van der Waals surface area contributed by atoms with E-state index < -0.39 is 19.3 Å². The van der Waals surface area contributed by atoms with Gasteiger partial charge in [0, 0.05) is 12.6 Å². The van der Waals surface area contributed by atoms with Crippen molar-refractivity contribution in [2.75, 3.05) is 6.61 Å². The molecule has 6 heteroatoms. The number of aryl methyl sites for hydroxylation is 1. The first-order valence-corrected chi connectivity index (χ1v) is 17.7. The quantitative estimate of drug-likeness (QED) is 0.186. The van der Waals surface area contributed by atoms with E-state index in [4.69, 9.17) is 4.43 Å². The van der Waals surface area contributed by atoms with Gasteiger partial charge in [0.15, 0.2) is 8.32 Å². The van der Waals surface area contributed by atoms with Crippen LogP contribution in [0.25, 0.3) is 10.8 Å². The van der Waals surface area contributed by atoms with Gasteiger partial charge in [-0.15, -0.1) is 0 Å². The lowest BCUT2D eigenvalue weighted by atomic mass is 9.94. The van der Waals surface area contributed by atoms with E-state index in [1.165, 1.54) is 5.56 Å². The monoisotopic (exact) mass is 558 g/mol. The largest absolute Gasteiger partial charge is 0.415 e. The zero-order chi connectivity index (χ0) is 28.0. The van der Waals surface area contributed by atoms with Gasteiger partial charge < -0.3 is 9.74 Å². The van der Waals surface area contributed by atoms with E-state index in [0.717, 1.165) is 26.8 Å². The van der Waals surface area contributed by atoms with Crippen LogP contribution < -0.4 is 10.0 Å². The van der Waals surface area contributed by atoms with Gasteiger partial charge in [0.2, 0.25) is 0 Å². The number of benzene rings is 4. The molecule has 2 N–H and O–H groups in total. The predicted molar refractivity (Wildman–Crippen MR) is 168 cm³/mol. The Morgan fingerprint density at radius 1 is 0.846 bits per heavy atom. The third kappa shape index (κ3) is 7.53. The van der Waals surface area contributed by atoms with Gasteiger partial charge in [-0.1, -0.05) is 111 Å². The first-order valence-electron chi connectivity index (χ1n) is 13.7. The molecule has 0 spiro atoms. The van der Waals surface area contributed by atoms with E-state index in [-0.39, 0.29) is 17.1 Å². The highest BCUT2D eigenvalue weighted by molar-refractivity contribution is 7.83. The van der Waals surface area contributed by atoms with E-state index in [2.05, 4.69) is 111 Å². The maximum absolute atomic E-state index is 13.8. The second-order valence-electron chi connectivity index (χ2n) is 11.8. The fourth-order valence-corrected chi connectivity index (χ4v) is 6.43. The zero-order valence-corrected chi connectivity index (χ0v) is 25.8. The Hall–Kier alpha value is -2.61. The van der Waals surface area contributed by atoms with Crippen LogP contribution in [-0.2, 0) is 22.0 Å². The normalized spacial score (nSPS) is 14.7. The maximum Gasteiger partial charge on any atom is 0.192 e. The second kappa shape index (κ2) is 12.7. The fraction of sp³-hybridized carbons (Fsp3) is 0.333. The number of hydrogen-bond donors (Lipinski definition) is 2. The van der Waals surface area contributed by atoms with Gasteiger partial charge in [-0.05, 0) is 59.1 Å². The smallest absolute Gasteiger partial charge is 0.192 e. The summed E-state index contributed by atoms with van der Waals surface area (Å²) in [5.41, 5.74) is 3.45. The Kier molecular flexibility index (Phi) is 9.57. The summed E-state index contributed by atoms with van der Waals surface area (Å²) in [6, 6.07) is 32.7. The molecule has 0 amide bonds. The number of rotatable bonds is 11. The van der Waals surface area contributed by atoms with Crippen LogP contribution in [0.4, 0.5) is 0 Å². The Bertz CT molecular complexity index is 1380. The molecule has 4 aromatic carbocycles. The number of hydrogen-bond acceptors (Lipinski definition) is 3. The van der Waals surface area contributed by atoms with E-state index in [1.807, 2.05) is 37.3 Å². The molecule has 0 bridgehead atoms. The lowest BCUT2D eigenvalue weighted by Crippen LogP contribution is -2.49. The molecule has 206 valence electrons. The molecule has 3 atom stereocenters. The van der Waals surface area contributed by atoms with Crippen LogP contribution in [0.5, 0.6) is 0 Å². The molecule has 0 aliphatic heterocycles. The number of nitrogens with one attached hydrogen (secondary N) is 2. The Morgan fingerprint density at radius 3 is 2.18 bits per heavy atom. The zero-order valence-electron chi connectivity index (χ0n) is 24.0. The molecule has 0 aliphatic carbocycles. The lowest BCUT2D eigenvalue weighted by Gasteiger charge is -2.39. The molecule has 0 radical (unpaired) electrons. The van der Waals surface area contributed by atoms with Crippen LogP contribution in [0.1, 0.15) is 43.5 Å². The van der Waals surface area contributed by atoms with Crippen molar-refractivity contribution in [3.8, 4) is 0 Å². The minimum atomic E-state index is -2.03. The molecule has 4 rings (SSSR count). The Labute approximate surface area is 237 Å². The van der Waals surface area contributed by atoms with E-state index >= 15 is 0 Å². The average molecular weight is 559 g/mol. The molecule has 4 aromatic rings. The van der Waals surface area contributed by atoms with Crippen molar-refractivity contribution in [1.82, 2.24) is 10.0 Å². The summed E-state index contributed by atoms with van der Waals surface area (Å²) in [6.45, 7) is 14.6. The Morgan fingerprint density at radius 2 is 1.49 bits per heavy atom. The molecule has 0 saturated carbocycles. The standard InChI is InChI=1S/C33H42N2O2SSi/c1-25-19-21-28(22-20-25)38(36)35-32(30-18-12-16-27-15-10-11-17-29(27)30)31(24-37-39(5,6)33(2,3)4)34-23-26-13-8-7-9-14-26/h7-22,31-32,34-35H,23-24H2,1-6H3/t31-,32-,38+/m1/s1. The molecule has 0 fully saturated rings. The molecule has 4 nitrogen and oxygen atoms in total. The number of fused-ring (bicyclic) bond motifs is 1. The van der Waals surface area contributed by atoms with E-state index in [1.54, 1.807) is 0 Å². The third-order valence-corrected chi connectivity index (χ3v) is 13.5. The summed E-state index contributed by atoms with van der Waals surface area (Å²) in [5, 5.41) is 6.19. The van der Waals surface area contributed by atoms with Crippen molar-refractivity contribution >= 4 is 30.1 Å². The lowest BCUT2D eigenvalue weighted by molar-refractivity contribution is 0.220. The van der Waals surface area contributed by atoms with Crippen molar-refractivity contribution in [2.24, 2.45) is 0 Å². The highest BCUT2D eigenvalue weighted by Gasteiger charge is 2.38. The minimum Gasteiger partial charge on any atom is -0.415 e. The van der Waals surface area contributed by atoms with E-state index in [0.29, 0.717) is 13.2 Å². The fourth-order valence-electron chi connectivity index (χ4n) is 4.36. The van der Waals surface area contributed by atoms with Crippen LogP contribution in [0.15, 0.2) is 102 Å². The van der Waals surface area contributed by atoms with Gasteiger partial charge in [-0.3, -0.25) is 0 Å². The van der Waals surface area contributed by atoms with Gasteiger partial charge in [0.25, 0.3) is 0 Å². The third-order valence-electron chi connectivity index (χ3n) is 7.87. The summed E-state index contributed by atoms with van der Waals surface area (Å²) in [7, 11) is -3.44. The van der Waals surface area contributed by atoms with Gasteiger partial charge in [0.1, 0.15) is 11.0 Å². The van der Waals surface area contributed by atoms with Crippen molar-refractivity contribution in [3.63, 3.8) is 0 Å². The highest BCUT2D eigenvalue weighted by atomic mass is 32.2. The summed E-state index contributed by atoms with van der Waals surface area (Å²) in [6.07, 6.45) is 0. The topological polar surface area (TPSA) is 50.4 Å². The van der Waals surface area contributed by atoms with Gasteiger partial charge in [0.05, 0.1) is 17.5 Å². The van der Waals surface area contributed by atoms with Crippen molar-refractivity contribution < 1.29 is 8.63 Å². The van der Waals surface area contributed by atoms with Crippen LogP contribution in [0.3, 0.4) is 0 Å². The highest BCUT2D eigenvalue weighted by Crippen LogP contribution is 2.37. The molecule has 0 unspecified atom stereocenters. The van der Waals surface area contributed by atoms with Crippen LogP contribution in [0, 0.1) is 6.92 Å². The van der Waals surface area contributed by atoms with Gasteiger partial charge in [-0.25, -0.2) is 8.93 Å². The molecule has 0 aliphatic rings. The molecule has 0 saturated heterocycles. The second-order valence-corrected chi connectivity index (χ2v) is 17.8. The molecule has 39 heavy (non-hydrogen) atoms. The maximum atomic E-state index is 13.8. The average Bonchev–Trinajstić information content (AvgIpc) is 2.92. The van der Waals surface area contributed by atoms with Crippen LogP contribution >= 0.6 is 0 Å². The molecule has 0 aromatic heterocycles.